The second-order valence-electron chi connectivity index (χ2n) is 11.0. The highest BCUT2D eigenvalue weighted by Gasteiger charge is 2.32. The van der Waals surface area contributed by atoms with Gasteiger partial charge in [0.25, 0.3) is 0 Å². The number of hydrogen-bond acceptors (Lipinski definition) is 6. The summed E-state index contributed by atoms with van der Waals surface area (Å²) in [6, 6.07) is 35.8. The number of methoxy groups -OCH3 is 2. The number of fused-ring (bicyclic) bond motifs is 4. The fourth-order valence-electron chi connectivity index (χ4n) is 6.01. The molecule has 0 aliphatic heterocycles. The maximum atomic E-state index is 13.7. The third-order valence-corrected chi connectivity index (χ3v) is 8.31. The molecule has 222 valence electrons. The molecule has 0 aromatic heterocycles. The quantitative estimate of drug-likeness (QED) is 0.126. The molecule has 0 aliphatic rings. The predicted octanol–water partition coefficient (Wildman–Crippen LogP) is 8.24. The average molecular weight is 587 g/mol. The van der Waals surface area contributed by atoms with Crippen molar-refractivity contribution in [3.05, 3.63) is 120 Å². The van der Waals surface area contributed by atoms with Gasteiger partial charge in [-0.2, -0.15) is 0 Å². The van der Waals surface area contributed by atoms with Crippen molar-refractivity contribution in [1.82, 2.24) is 0 Å². The van der Waals surface area contributed by atoms with Gasteiger partial charge >= 0.3 is 11.9 Å². The number of carbonyl (C=O) groups excluding carboxylic acids is 2. The van der Waals surface area contributed by atoms with Crippen LogP contribution in [0.3, 0.4) is 0 Å². The minimum absolute atomic E-state index is 0.562. The van der Waals surface area contributed by atoms with Gasteiger partial charge in [0, 0.05) is 25.3 Å². The SMILES string of the molecule is CO[C@H](C(=O)O[C@H](C)[C@@H](C)OC(=O)[C@@H](OC)c1c2ccccc2cc2ccccc12)c1c2ccccc2cc2ccccc12. The monoisotopic (exact) mass is 586 g/mol. The molecular weight excluding hydrogens is 552 g/mol. The van der Waals surface area contributed by atoms with E-state index in [4.69, 9.17) is 18.9 Å². The molecule has 0 saturated heterocycles. The van der Waals surface area contributed by atoms with E-state index in [0.717, 1.165) is 54.2 Å². The molecule has 0 bridgehead atoms. The fourth-order valence-corrected chi connectivity index (χ4v) is 6.01. The molecule has 0 amide bonds. The molecule has 0 saturated carbocycles. The molecule has 0 N–H and O–H groups in total. The maximum absolute atomic E-state index is 13.7. The van der Waals surface area contributed by atoms with Crippen LogP contribution in [0.5, 0.6) is 0 Å². The van der Waals surface area contributed by atoms with E-state index in [1.807, 2.05) is 97.1 Å². The molecule has 0 unspecified atom stereocenters. The van der Waals surface area contributed by atoms with Crippen molar-refractivity contribution in [3.63, 3.8) is 0 Å². The lowest BCUT2D eigenvalue weighted by Gasteiger charge is -2.26. The van der Waals surface area contributed by atoms with Gasteiger partial charge in [0.2, 0.25) is 0 Å². The summed E-state index contributed by atoms with van der Waals surface area (Å²) in [5.74, 6) is -1.12. The Labute approximate surface area is 256 Å². The summed E-state index contributed by atoms with van der Waals surface area (Å²) in [6.07, 6.45) is -3.48. The van der Waals surface area contributed by atoms with Crippen LogP contribution >= 0.6 is 0 Å². The number of rotatable bonds is 9. The molecule has 6 rings (SSSR count). The lowest BCUT2D eigenvalue weighted by atomic mass is 9.93. The zero-order chi connectivity index (χ0) is 30.8. The van der Waals surface area contributed by atoms with Crippen LogP contribution in [-0.4, -0.2) is 38.4 Å². The number of benzene rings is 6. The number of carbonyl (C=O) groups is 2. The Morgan fingerprint density at radius 2 is 0.750 bits per heavy atom. The standard InChI is InChI=1S/C38H34O6/c1-23(43-37(39)35(41-3)33-29-17-9-5-13-25(29)21-26-14-6-10-18-30(26)33)24(2)44-38(40)36(42-4)34-31-19-11-7-15-27(31)22-28-16-8-12-20-32(28)34/h5-24,35-36H,1-4H3/t23-,24-,35+,36+/m1/s1. The smallest absolute Gasteiger partial charge is 0.340 e. The number of ether oxygens (including phenoxy) is 4. The van der Waals surface area contributed by atoms with E-state index < -0.39 is 36.4 Å². The van der Waals surface area contributed by atoms with Gasteiger partial charge in [0.1, 0.15) is 12.2 Å². The molecule has 0 radical (unpaired) electrons. The topological polar surface area (TPSA) is 71.1 Å². The van der Waals surface area contributed by atoms with Gasteiger partial charge < -0.3 is 18.9 Å². The van der Waals surface area contributed by atoms with Gasteiger partial charge in [0.15, 0.2) is 12.2 Å². The summed E-state index contributed by atoms with van der Waals surface area (Å²) in [6.45, 7) is 3.41. The Bertz CT molecular complexity index is 1740. The third kappa shape index (κ3) is 5.39. The Hall–Kier alpha value is -4.78. The van der Waals surface area contributed by atoms with Gasteiger partial charge in [-0.1, -0.05) is 97.1 Å². The summed E-state index contributed by atoms with van der Waals surface area (Å²) in [5, 5.41) is 7.63. The Kier molecular flexibility index (Phi) is 8.29. The normalized spacial score (nSPS) is 14.4. The van der Waals surface area contributed by atoms with Gasteiger partial charge in [-0.25, -0.2) is 9.59 Å². The first-order valence-electron chi connectivity index (χ1n) is 14.7. The molecule has 4 atom stereocenters. The molecular formula is C38H34O6. The first-order valence-corrected chi connectivity index (χ1v) is 14.7. The molecule has 6 aromatic carbocycles. The summed E-state index contributed by atoms with van der Waals surface area (Å²) in [5.41, 5.74) is 1.48. The van der Waals surface area contributed by atoms with Crippen LogP contribution in [0.1, 0.15) is 37.2 Å². The van der Waals surface area contributed by atoms with Crippen LogP contribution in [0.25, 0.3) is 43.1 Å². The molecule has 44 heavy (non-hydrogen) atoms. The molecule has 0 spiro atoms. The summed E-state index contributed by atoms with van der Waals surface area (Å²) >= 11 is 0. The molecule has 6 heteroatoms. The lowest BCUT2D eigenvalue weighted by Crippen LogP contribution is -2.34. The highest BCUT2D eigenvalue weighted by molar-refractivity contribution is 6.06. The van der Waals surface area contributed by atoms with Crippen molar-refractivity contribution in [2.24, 2.45) is 0 Å². The van der Waals surface area contributed by atoms with Crippen molar-refractivity contribution in [3.8, 4) is 0 Å². The van der Waals surface area contributed by atoms with E-state index in [9.17, 15) is 9.59 Å². The van der Waals surface area contributed by atoms with Crippen LogP contribution in [0.4, 0.5) is 0 Å². The second-order valence-corrected chi connectivity index (χ2v) is 11.0. The third-order valence-electron chi connectivity index (χ3n) is 8.31. The van der Waals surface area contributed by atoms with Crippen molar-refractivity contribution >= 4 is 55.0 Å². The molecule has 6 aromatic rings. The predicted molar refractivity (Wildman–Crippen MR) is 174 cm³/mol. The minimum Gasteiger partial charge on any atom is -0.457 e. The first-order chi connectivity index (χ1) is 21.4. The molecule has 6 nitrogen and oxygen atoms in total. The highest BCUT2D eigenvalue weighted by atomic mass is 16.6. The van der Waals surface area contributed by atoms with Crippen molar-refractivity contribution in [1.29, 1.82) is 0 Å². The Morgan fingerprint density at radius 3 is 1.02 bits per heavy atom. The lowest BCUT2D eigenvalue weighted by molar-refractivity contribution is -0.177. The minimum atomic E-state index is -0.981. The molecule has 0 fully saturated rings. The summed E-state index contributed by atoms with van der Waals surface area (Å²) in [7, 11) is 2.99. The van der Waals surface area contributed by atoms with Crippen LogP contribution in [-0.2, 0) is 28.5 Å². The van der Waals surface area contributed by atoms with Gasteiger partial charge in [0.05, 0.1) is 0 Å². The summed E-state index contributed by atoms with van der Waals surface area (Å²) < 4.78 is 23.3. The maximum Gasteiger partial charge on any atom is 0.340 e. The molecule has 0 heterocycles. The van der Waals surface area contributed by atoms with Gasteiger partial charge in [-0.15, -0.1) is 0 Å². The van der Waals surface area contributed by atoms with E-state index in [1.54, 1.807) is 13.8 Å². The van der Waals surface area contributed by atoms with Crippen molar-refractivity contribution < 1.29 is 28.5 Å². The van der Waals surface area contributed by atoms with E-state index in [2.05, 4.69) is 12.1 Å². The first kappa shape index (κ1) is 29.3. The van der Waals surface area contributed by atoms with Crippen molar-refractivity contribution in [2.45, 2.75) is 38.3 Å². The van der Waals surface area contributed by atoms with Gasteiger partial charge in [-0.05, 0) is 69.1 Å². The van der Waals surface area contributed by atoms with E-state index in [-0.39, 0.29) is 0 Å². The van der Waals surface area contributed by atoms with Crippen LogP contribution in [0.15, 0.2) is 109 Å². The van der Waals surface area contributed by atoms with E-state index in [0.29, 0.717) is 0 Å². The van der Waals surface area contributed by atoms with Crippen LogP contribution in [0.2, 0.25) is 0 Å². The highest BCUT2D eigenvalue weighted by Crippen LogP contribution is 2.37. The largest absolute Gasteiger partial charge is 0.457 e. The fraction of sp³-hybridized carbons (Fsp3) is 0.211. The van der Waals surface area contributed by atoms with Crippen LogP contribution in [0, 0.1) is 0 Å². The zero-order valence-electron chi connectivity index (χ0n) is 25.2. The van der Waals surface area contributed by atoms with Crippen molar-refractivity contribution in [2.75, 3.05) is 14.2 Å². The Balaban J connectivity index is 1.25. The number of hydrogen-bond donors (Lipinski definition) is 0. The van der Waals surface area contributed by atoms with E-state index in [1.165, 1.54) is 14.2 Å². The summed E-state index contributed by atoms with van der Waals surface area (Å²) in [4.78, 5) is 27.3. The average Bonchev–Trinajstić information content (AvgIpc) is 3.04. The molecule has 0 aliphatic carbocycles. The number of esters is 2. The zero-order valence-corrected chi connectivity index (χ0v) is 25.2. The Morgan fingerprint density at radius 1 is 0.477 bits per heavy atom. The second kappa shape index (κ2) is 12.4. The van der Waals surface area contributed by atoms with Gasteiger partial charge in [-0.3, -0.25) is 0 Å². The van der Waals surface area contributed by atoms with Crippen LogP contribution < -0.4 is 0 Å². The van der Waals surface area contributed by atoms with E-state index >= 15 is 0 Å².